The molecular weight excluding hydrogens is 303 g/mol. The summed E-state index contributed by atoms with van der Waals surface area (Å²) in [5.74, 6) is 0. The molecule has 4 heteroatoms. The number of benzene rings is 2. The van der Waals surface area contributed by atoms with Crippen molar-refractivity contribution in [1.82, 2.24) is 0 Å². The molecule has 1 heterocycles. The molecule has 2 aromatic carbocycles. The molecular formula is C17H18Cl2N2. The quantitative estimate of drug-likeness (QED) is 0.832. The van der Waals surface area contributed by atoms with Crippen LogP contribution in [0.5, 0.6) is 0 Å². The van der Waals surface area contributed by atoms with Crippen molar-refractivity contribution >= 4 is 34.6 Å². The highest BCUT2D eigenvalue weighted by Gasteiger charge is 2.15. The van der Waals surface area contributed by atoms with E-state index in [-0.39, 0.29) is 0 Å². The maximum Gasteiger partial charge on any atom is 0.0602 e. The zero-order valence-electron chi connectivity index (χ0n) is 11.8. The van der Waals surface area contributed by atoms with E-state index in [0.717, 1.165) is 24.3 Å². The number of rotatable bonds is 4. The largest absolute Gasteiger partial charge is 0.379 e. The Labute approximate surface area is 135 Å². The fraction of sp³-hybridized carbons (Fsp3) is 0.294. The van der Waals surface area contributed by atoms with Gasteiger partial charge in [-0.15, -0.1) is 0 Å². The first-order chi connectivity index (χ1) is 10.2. The van der Waals surface area contributed by atoms with E-state index in [2.05, 4.69) is 34.5 Å². The molecule has 0 spiro atoms. The minimum atomic E-state index is 0.668. The molecule has 0 aliphatic carbocycles. The number of nitrogens with one attached hydrogen (secondary N) is 1. The molecule has 0 aromatic heterocycles. The maximum absolute atomic E-state index is 6.23. The van der Waals surface area contributed by atoms with Gasteiger partial charge in [0.1, 0.15) is 0 Å². The smallest absolute Gasteiger partial charge is 0.0602 e. The molecule has 110 valence electrons. The van der Waals surface area contributed by atoms with Crippen molar-refractivity contribution in [2.75, 3.05) is 23.3 Å². The van der Waals surface area contributed by atoms with Crippen molar-refractivity contribution < 1.29 is 0 Å². The topological polar surface area (TPSA) is 15.3 Å². The molecule has 2 aromatic rings. The van der Waals surface area contributed by atoms with Gasteiger partial charge in [0.25, 0.3) is 0 Å². The minimum absolute atomic E-state index is 0.668. The molecule has 3 rings (SSSR count). The Morgan fingerprint density at radius 1 is 1.00 bits per heavy atom. The zero-order valence-corrected chi connectivity index (χ0v) is 13.3. The first-order valence-electron chi connectivity index (χ1n) is 7.26. The van der Waals surface area contributed by atoms with Gasteiger partial charge in [-0.2, -0.15) is 0 Å². The Hall–Kier alpha value is -1.38. The number of hydrogen-bond acceptors (Lipinski definition) is 2. The molecule has 1 N–H and O–H groups in total. The maximum atomic E-state index is 6.23. The van der Waals surface area contributed by atoms with Gasteiger partial charge in [0.15, 0.2) is 0 Å². The molecule has 0 radical (unpaired) electrons. The number of nitrogens with zero attached hydrogens (tertiary/aromatic N) is 1. The van der Waals surface area contributed by atoms with Gasteiger partial charge in [0.2, 0.25) is 0 Å². The summed E-state index contributed by atoms with van der Waals surface area (Å²) in [7, 11) is 0. The van der Waals surface area contributed by atoms with Gasteiger partial charge in [0, 0.05) is 29.7 Å². The van der Waals surface area contributed by atoms with Crippen molar-refractivity contribution in [3.05, 3.63) is 58.1 Å². The molecule has 1 saturated heterocycles. The normalized spacial score (nSPS) is 14.5. The Morgan fingerprint density at radius 3 is 2.52 bits per heavy atom. The van der Waals surface area contributed by atoms with Crippen LogP contribution in [0.1, 0.15) is 18.4 Å². The average Bonchev–Trinajstić information content (AvgIpc) is 3.01. The van der Waals surface area contributed by atoms with Gasteiger partial charge in [-0.05, 0) is 42.7 Å². The lowest BCUT2D eigenvalue weighted by Crippen LogP contribution is -2.19. The van der Waals surface area contributed by atoms with E-state index in [1.54, 1.807) is 6.07 Å². The fourth-order valence-corrected chi connectivity index (χ4v) is 3.19. The Balaban J connectivity index is 1.75. The highest BCUT2D eigenvalue weighted by molar-refractivity contribution is 6.35. The van der Waals surface area contributed by atoms with Gasteiger partial charge >= 0.3 is 0 Å². The molecule has 0 unspecified atom stereocenters. The van der Waals surface area contributed by atoms with Crippen LogP contribution in [-0.2, 0) is 6.54 Å². The van der Waals surface area contributed by atoms with Crippen LogP contribution in [0.15, 0.2) is 42.5 Å². The number of para-hydroxylation sites is 2. The van der Waals surface area contributed by atoms with E-state index >= 15 is 0 Å². The molecule has 0 atom stereocenters. The lowest BCUT2D eigenvalue weighted by atomic mass is 10.2. The predicted molar refractivity (Wildman–Crippen MR) is 91.7 cm³/mol. The summed E-state index contributed by atoms with van der Waals surface area (Å²) >= 11 is 12.2. The van der Waals surface area contributed by atoms with E-state index in [9.17, 15) is 0 Å². The number of anilines is 2. The van der Waals surface area contributed by atoms with Crippen molar-refractivity contribution in [2.24, 2.45) is 0 Å². The molecule has 0 amide bonds. The first-order valence-corrected chi connectivity index (χ1v) is 8.01. The van der Waals surface area contributed by atoms with Crippen LogP contribution < -0.4 is 10.2 Å². The van der Waals surface area contributed by atoms with Crippen molar-refractivity contribution in [3.8, 4) is 0 Å². The van der Waals surface area contributed by atoms with Gasteiger partial charge in [-0.3, -0.25) is 0 Å². The third-order valence-corrected chi connectivity index (χ3v) is 4.42. The van der Waals surface area contributed by atoms with E-state index in [0.29, 0.717) is 16.6 Å². The highest BCUT2D eigenvalue weighted by atomic mass is 35.5. The average molecular weight is 321 g/mol. The van der Waals surface area contributed by atoms with Crippen molar-refractivity contribution in [1.29, 1.82) is 0 Å². The van der Waals surface area contributed by atoms with Crippen LogP contribution in [-0.4, -0.2) is 13.1 Å². The lowest BCUT2D eigenvalue weighted by Gasteiger charge is -2.22. The van der Waals surface area contributed by atoms with Crippen LogP contribution in [0.2, 0.25) is 10.0 Å². The second-order valence-electron chi connectivity index (χ2n) is 5.30. The summed E-state index contributed by atoms with van der Waals surface area (Å²) in [6.45, 7) is 2.97. The zero-order chi connectivity index (χ0) is 14.7. The summed E-state index contributed by atoms with van der Waals surface area (Å²) in [4.78, 5) is 2.44. The van der Waals surface area contributed by atoms with Crippen LogP contribution in [0.4, 0.5) is 11.4 Å². The monoisotopic (exact) mass is 320 g/mol. The SMILES string of the molecule is Clc1ccc(CNc2ccccc2N2CCCC2)c(Cl)c1. The summed E-state index contributed by atoms with van der Waals surface area (Å²) in [6.07, 6.45) is 2.55. The number of hydrogen-bond donors (Lipinski definition) is 1. The third kappa shape index (κ3) is 3.45. The molecule has 2 nitrogen and oxygen atoms in total. The molecule has 1 fully saturated rings. The number of halogens is 2. The molecule has 1 aliphatic rings. The summed E-state index contributed by atoms with van der Waals surface area (Å²) in [5, 5.41) is 4.87. The lowest BCUT2D eigenvalue weighted by molar-refractivity contribution is 0.949. The van der Waals surface area contributed by atoms with E-state index < -0.39 is 0 Å². The fourth-order valence-electron chi connectivity index (χ4n) is 2.71. The summed E-state index contributed by atoms with van der Waals surface area (Å²) in [5.41, 5.74) is 3.49. The molecule has 1 aliphatic heterocycles. The standard InChI is InChI=1S/C17H18Cl2N2/c18-14-8-7-13(15(19)11-14)12-20-16-5-1-2-6-17(16)21-9-3-4-10-21/h1-2,5-8,11,20H,3-4,9-10,12H2. The third-order valence-electron chi connectivity index (χ3n) is 3.84. The van der Waals surface area contributed by atoms with Crippen LogP contribution >= 0.6 is 23.2 Å². The van der Waals surface area contributed by atoms with E-state index in [1.165, 1.54) is 18.5 Å². The van der Waals surface area contributed by atoms with Crippen LogP contribution in [0.3, 0.4) is 0 Å². The van der Waals surface area contributed by atoms with Crippen LogP contribution in [0.25, 0.3) is 0 Å². The van der Waals surface area contributed by atoms with E-state index in [1.807, 2.05) is 12.1 Å². The first kappa shape index (κ1) is 14.6. The second kappa shape index (κ2) is 6.59. The van der Waals surface area contributed by atoms with Crippen molar-refractivity contribution in [2.45, 2.75) is 19.4 Å². The Bertz CT molecular complexity index is 622. The second-order valence-corrected chi connectivity index (χ2v) is 6.14. The molecule has 21 heavy (non-hydrogen) atoms. The van der Waals surface area contributed by atoms with Crippen LogP contribution in [0, 0.1) is 0 Å². The van der Waals surface area contributed by atoms with Crippen molar-refractivity contribution in [3.63, 3.8) is 0 Å². The molecule has 0 bridgehead atoms. The van der Waals surface area contributed by atoms with Gasteiger partial charge in [-0.25, -0.2) is 0 Å². The Kier molecular flexibility index (Phi) is 4.57. The van der Waals surface area contributed by atoms with Gasteiger partial charge in [-0.1, -0.05) is 41.4 Å². The van der Waals surface area contributed by atoms with E-state index in [4.69, 9.17) is 23.2 Å². The van der Waals surface area contributed by atoms with Gasteiger partial charge < -0.3 is 10.2 Å². The highest BCUT2D eigenvalue weighted by Crippen LogP contribution is 2.29. The summed E-state index contributed by atoms with van der Waals surface area (Å²) in [6, 6.07) is 14.1. The minimum Gasteiger partial charge on any atom is -0.379 e. The summed E-state index contributed by atoms with van der Waals surface area (Å²) < 4.78 is 0. The predicted octanol–water partition coefficient (Wildman–Crippen LogP) is 5.21. The van der Waals surface area contributed by atoms with Gasteiger partial charge in [0.05, 0.1) is 11.4 Å². The Morgan fingerprint density at radius 2 is 1.76 bits per heavy atom. The molecule has 0 saturated carbocycles.